The van der Waals surface area contributed by atoms with E-state index in [1.165, 1.54) is 0 Å². The van der Waals surface area contributed by atoms with Gasteiger partial charge in [0.15, 0.2) is 6.29 Å². The van der Waals surface area contributed by atoms with Crippen molar-refractivity contribution in [2.45, 2.75) is 61.2 Å². The Morgan fingerprint density at radius 2 is 1.32 bits per heavy atom. The monoisotopic (exact) mass is 374 g/mol. The van der Waals surface area contributed by atoms with Gasteiger partial charge in [0.05, 0.1) is 19.8 Å². The van der Waals surface area contributed by atoms with Gasteiger partial charge in [0.1, 0.15) is 54.9 Å². The van der Waals surface area contributed by atoms with Gasteiger partial charge in [0, 0.05) is 0 Å². The van der Waals surface area contributed by atoms with E-state index in [9.17, 15) is 40.9 Å². The van der Waals surface area contributed by atoms with Crippen LogP contribution >= 0.6 is 0 Å². The molecule has 1 aliphatic heterocycles. The lowest BCUT2D eigenvalue weighted by Crippen LogP contribution is -2.59. The van der Waals surface area contributed by atoms with E-state index in [4.69, 9.17) is 19.7 Å². The van der Waals surface area contributed by atoms with Gasteiger partial charge in [-0.3, -0.25) is 0 Å². The van der Waals surface area contributed by atoms with E-state index >= 15 is 0 Å². The van der Waals surface area contributed by atoms with Crippen LogP contribution in [0.5, 0.6) is 0 Å². The van der Waals surface area contributed by atoms with Crippen LogP contribution in [0.2, 0.25) is 0 Å². The standard InChI is InChI=1S/C13H26O12/c14-1-4(16)7(18)10(21)8(19)5(17)3-24-13-12(23)11(22)9(20)6(2-15)25-13/h4-23H,1-3H2/t4-,5+,6+,7-,8+,9+,10+,11-,12+,13+/m0/s1. The van der Waals surface area contributed by atoms with Crippen molar-refractivity contribution >= 4 is 0 Å². The molecule has 1 saturated heterocycles. The van der Waals surface area contributed by atoms with Gasteiger partial charge in [-0.05, 0) is 0 Å². The summed E-state index contributed by atoms with van der Waals surface area (Å²) in [5.74, 6) is 0. The first-order valence-electron chi connectivity index (χ1n) is 7.59. The second kappa shape index (κ2) is 10.0. The quantitative estimate of drug-likeness (QED) is 0.182. The van der Waals surface area contributed by atoms with Crippen molar-refractivity contribution in [3.05, 3.63) is 0 Å². The summed E-state index contributed by atoms with van der Waals surface area (Å²) in [7, 11) is 0. The van der Waals surface area contributed by atoms with Gasteiger partial charge in [-0.1, -0.05) is 0 Å². The van der Waals surface area contributed by atoms with E-state index in [1.54, 1.807) is 0 Å². The summed E-state index contributed by atoms with van der Waals surface area (Å²) in [5.41, 5.74) is 0. The Morgan fingerprint density at radius 3 is 1.84 bits per heavy atom. The van der Waals surface area contributed by atoms with Crippen LogP contribution in [0.3, 0.4) is 0 Å². The highest BCUT2D eigenvalue weighted by Gasteiger charge is 2.44. The average molecular weight is 374 g/mol. The van der Waals surface area contributed by atoms with Crippen molar-refractivity contribution in [3.8, 4) is 0 Å². The average Bonchev–Trinajstić information content (AvgIpc) is 2.62. The van der Waals surface area contributed by atoms with Crippen LogP contribution in [-0.4, -0.2) is 132 Å². The zero-order valence-corrected chi connectivity index (χ0v) is 13.2. The molecule has 12 nitrogen and oxygen atoms in total. The highest BCUT2D eigenvalue weighted by Crippen LogP contribution is 2.22. The minimum absolute atomic E-state index is 0.681. The molecule has 150 valence electrons. The molecular weight excluding hydrogens is 348 g/mol. The van der Waals surface area contributed by atoms with Gasteiger partial charge >= 0.3 is 0 Å². The molecule has 0 aromatic carbocycles. The first-order chi connectivity index (χ1) is 11.6. The maximum absolute atomic E-state index is 9.76. The van der Waals surface area contributed by atoms with Crippen molar-refractivity contribution in [2.75, 3.05) is 19.8 Å². The molecule has 0 aromatic rings. The van der Waals surface area contributed by atoms with Gasteiger partial charge < -0.3 is 60.5 Å². The molecule has 12 heteroatoms. The van der Waals surface area contributed by atoms with Crippen LogP contribution in [0.15, 0.2) is 0 Å². The molecule has 0 radical (unpaired) electrons. The number of hydrogen-bond donors (Lipinski definition) is 10. The number of rotatable bonds is 9. The zero-order chi connectivity index (χ0) is 19.3. The van der Waals surface area contributed by atoms with Gasteiger partial charge in [0.2, 0.25) is 0 Å². The molecule has 0 bridgehead atoms. The lowest BCUT2D eigenvalue weighted by molar-refractivity contribution is -0.306. The maximum Gasteiger partial charge on any atom is 0.186 e. The molecule has 10 N–H and O–H groups in total. The Kier molecular flexibility index (Phi) is 9.03. The van der Waals surface area contributed by atoms with Gasteiger partial charge in [0.25, 0.3) is 0 Å². The maximum atomic E-state index is 9.76. The molecule has 0 saturated carbocycles. The molecule has 1 fully saturated rings. The number of aliphatic hydroxyl groups excluding tert-OH is 10. The lowest BCUT2D eigenvalue weighted by atomic mass is 9.99. The van der Waals surface area contributed by atoms with Crippen LogP contribution < -0.4 is 0 Å². The first-order valence-corrected chi connectivity index (χ1v) is 7.59. The topological polar surface area (TPSA) is 221 Å². The van der Waals surface area contributed by atoms with Crippen LogP contribution in [0, 0.1) is 0 Å². The van der Waals surface area contributed by atoms with Crippen LogP contribution in [0.1, 0.15) is 0 Å². The third kappa shape index (κ3) is 5.50. The predicted octanol–water partition coefficient (Wildman–Crippen LogP) is -6.40. The van der Waals surface area contributed by atoms with Crippen molar-refractivity contribution in [3.63, 3.8) is 0 Å². The van der Waals surface area contributed by atoms with Gasteiger partial charge in [-0.15, -0.1) is 0 Å². The SMILES string of the molecule is OC[C@H](O)[C@H](O)[C@@H](O)[C@H](O)[C@H](O)CO[C@@H]1O[C@H](CO)[C@@H](O)[C@H](O)[C@H]1O. The van der Waals surface area contributed by atoms with Crippen molar-refractivity contribution < 1.29 is 60.5 Å². The highest BCUT2D eigenvalue weighted by molar-refractivity contribution is 4.89. The van der Waals surface area contributed by atoms with E-state index in [2.05, 4.69) is 0 Å². The Hall–Kier alpha value is -0.480. The normalized spacial score (nSPS) is 36.5. The number of ether oxygens (including phenoxy) is 2. The van der Waals surface area contributed by atoms with Gasteiger partial charge in [-0.25, -0.2) is 0 Å². The summed E-state index contributed by atoms with van der Waals surface area (Å²) < 4.78 is 9.99. The van der Waals surface area contributed by atoms with Crippen LogP contribution in [-0.2, 0) is 9.47 Å². The third-order valence-electron chi connectivity index (χ3n) is 3.96. The smallest absolute Gasteiger partial charge is 0.186 e. The van der Waals surface area contributed by atoms with Crippen LogP contribution in [0.25, 0.3) is 0 Å². The molecule has 25 heavy (non-hydrogen) atoms. The predicted molar refractivity (Wildman–Crippen MR) is 76.8 cm³/mol. The molecule has 1 heterocycles. The Labute approximate surface area is 142 Å². The first kappa shape index (κ1) is 22.6. The van der Waals surface area contributed by atoms with E-state index in [1.807, 2.05) is 0 Å². The van der Waals surface area contributed by atoms with Crippen molar-refractivity contribution in [2.24, 2.45) is 0 Å². The summed E-state index contributed by atoms with van der Waals surface area (Å²) in [6.07, 6.45) is -17.3. The van der Waals surface area contributed by atoms with Crippen molar-refractivity contribution in [1.82, 2.24) is 0 Å². The van der Waals surface area contributed by atoms with Gasteiger partial charge in [-0.2, -0.15) is 0 Å². The molecule has 1 aliphatic rings. The Bertz CT molecular complexity index is 382. The molecule has 10 atom stereocenters. The number of hydrogen-bond acceptors (Lipinski definition) is 12. The molecule has 0 unspecified atom stereocenters. The molecule has 0 aliphatic carbocycles. The Morgan fingerprint density at radius 1 is 0.760 bits per heavy atom. The summed E-state index contributed by atoms with van der Waals surface area (Å²) in [5, 5.41) is 94.4. The number of aliphatic hydroxyl groups is 10. The minimum Gasteiger partial charge on any atom is -0.394 e. The molecular formula is C13H26O12. The summed E-state index contributed by atoms with van der Waals surface area (Å²) in [6.45, 7) is -2.30. The second-order valence-electron chi connectivity index (χ2n) is 5.82. The Balaban J connectivity index is 2.58. The van der Waals surface area contributed by atoms with E-state index in [-0.39, 0.29) is 0 Å². The van der Waals surface area contributed by atoms with Crippen molar-refractivity contribution in [1.29, 1.82) is 0 Å². The molecule has 0 amide bonds. The highest BCUT2D eigenvalue weighted by atomic mass is 16.7. The third-order valence-corrected chi connectivity index (χ3v) is 3.96. The minimum atomic E-state index is -2.02. The molecule has 1 rings (SSSR count). The lowest BCUT2D eigenvalue weighted by Gasteiger charge is -2.40. The fraction of sp³-hybridized carbons (Fsp3) is 1.00. The fourth-order valence-corrected chi connectivity index (χ4v) is 2.26. The largest absolute Gasteiger partial charge is 0.394 e. The molecule has 0 aromatic heterocycles. The van der Waals surface area contributed by atoms with E-state index < -0.39 is 81.0 Å². The molecule has 0 spiro atoms. The summed E-state index contributed by atoms with van der Waals surface area (Å²) in [4.78, 5) is 0. The summed E-state index contributed by atoms with van der Waals surface area (Å²) >= 11 is 0. The van der Waals surface area contributed by atoms with Crippen LogP contribution in [0.4, 0.5) is 0 Å². The fourth-order valence-electron chi connectivity index (χ4n) is 2.26. The second-order valence-corrected chi connectivity index (χ2v) is 5.82. The zero-order valence-electron chi connectivity index (χ0n) is 13.2. The van der Waals surface area contributed by atoms with E-state index in [0.29, 0.717) is 0 Å². The van der Waals surface area contributed by atoms with E-state index in [0.717, 1.165) is 0 Å². The summed E-state index contributed by atoms with van der Waals surface area (Å²) in [6, 6.07) is 0.